The summed E-state index contributed by atoms with van der Waals surface area (Å²) in [6.45, 7) is 2.98. The van der Waals surface area contributed by atoms with Crippen molar-refractivity contribution in [2.45, 2.75) is 31.9 Å². The molecule has 3 nitrogen and oxygen atoms in total. The van der Waals surface area contributed by atoms with Gasteiger partial charge in [0.1, 0.15) is 0 Å². The molecule has 20 heavy (non-hydrogen) atoms. The standard InChI is InChI=1S/C17H28N2O/c1-18-12-16-8-4-5-10-19(2)17(16)15-9-6-7-14(11-15)13-20-3/h6-7,9,11,16-18H,4-5,8,10,12-13H2,1-3H3. The lowest BCUT2D eigenvalue weighted by atomic mass is 9.88. The molecule has 1 saturated heterocycles. The van der Waals surface area contributed by atoms with E-state index in [1.165, 1.54) is 36.9 Å². The van der Waals surface area contributed by atoms with E-state index in [0.29, 0.717) is 18.6 Å². The first kappa shape index (κ1) is 15.5. The quantitative estimate of drug-likeness (QED) is 0.895. The highest BCUT2D eigenvalue weighted by molar-refractivity contribution is 5.26. The summed E-state index contributed by atoms with van der Waals surface area (Å²) < 4.78 is 5.27. The van der Waals surface area contributed by atoms with Crippen LogP contribution < -0.4 is 5.32 Å². The van der Waals surface area contributed by atoms with Gasteiger partial charge in [-0.25, -0.2) is 0 Å². The second-order valence-corrected chi connectivity index (χ2v) is 5.92. The fourth-order valence-electron chi connectivity index (χ4n) is 3.46. The number of likely N-dealkylation sites (tertiary alicyclic amines) is 1. The van der Waals surface area contributed by atoms with Gasteiger partial charge in [-0.2, -0.15) is 0 Å². The van der Waals surface area contributed by atoms with Crippen LogP contribution in [-0.4, -0.2) is 39.2 Å². The molecule has 0 aromatic heterocycles. The second kappa shape index (κ2) is 7.77. The summed E-state index contributed by atoms with van der Waals surface area (Å²) in [7, 11) is 6.08. The molecule has 2 unspecified atom stereocenters. The van der Waals surface area contributed by atoms with Gasteiger partial charge in [-0.1, -0.05) is 30.7 Å². The zero-order valence-corrected chi connectivity index (χ0v) is 13.1. The zero-order chi connectivity index (χ0) is 14.4. The van der Waals surface area contributed by atoms with Crippen LogP contribution in [0.3, 0.4) is 0 Å². The van der Waals surface area contributed by atoms with E-state index in [9.17, 15) is 0 Å². The van der Waals surface area contributed by atoms with E-state index in [1.54, 1.807) is 7.11 Å². The van der Waals surface area contributed by atoms with Crippen LogP contribution in [0.2, 0.25) is 0 Å². The molecule has 2 rings (SSSR count). The van der Waals surface area contributed by atoms with Gasteiger partial charge in [-0.05, 0) is 57.1 Å². The number of benzene rings is 1. The van der Waals surface area contributed by atoms with Crippen LogP contribution in [0.25, 0.3) is 0 Å². The number of hydrogen-bond acceptors (Lipinski definition) is 3. The van der Waals surface area contributed by atoms with Gasteiger partial charge in [-0.15, -0.1) is 0 Å². The Morgan fingerprint density at radius 1 is 1.35 bits per heavy atom. The highest BCUT2D eigenvalue weighted by Crippen LogP contribution is 2.34. The van der Waals surface area contributed by atoms with E-state index in [4.69, 9.17) is 4.74 Å². The van der Waals surface area contributed by atoms with E-state index in [2.05, 4.69) is 48.6 Å². The third kappa shape index (κ3) is 3.81. The number of ether oxygens (including phenoxy) is 1. The molecular weight excluding hydrogens is 248 g/mol. The minimum Gasteiger partial charge on any atom is -0.380 e. The molecule has 0 amide bonds. The van der Waals surface area contributed by atoms with E-state index in [1.807, 2.05) is 0 Å². The maximum atomic E-state index is 5.27. The Bertz CT molecular complexity index is 408. The minimum atomic E-state index is 0.516. The van der Waals surface area contributed by atoms with Gasteiger partial charge in [0.2, 0.25) is 0 Å². The van der Waals surface area contributed by atoms with Crippen molar-refractivity contribution in [2.75, 3.05) is 34.3 Å². The van der Waals surface area contributed by atoms with Crippen molar-refractivity contribution in [2.24, 2.45) is 5.92 Å². The van der Waals surface area contributed by atoms with Crippen molar-refractivity contribution < 1.29 is 4.74 Å². The Kier molecular flexibility index (Phi) is 6.02. The normalized spacial score (nSPS) is 24.6. The summed E-state index contributed by atoms with van der Waals surface area (Å²) in [6, 6.07) is 9.42. The first-order valence-corrected chi connectivity index (χ1v) is 7.69. The molecular formula is C17H28N2O. The highest BCUT2D eigenvalue weighted by atomic mass is 16.5. The minimum absolute atomic E-state index is 0.516. The van der Waals surface area contributed by atoms with Crippen LogP contribution in [0.4, 0.5) is 0 Å². The maximum absolute atomic E-state index is 5.27. The third-order valence-electron chi connectivity index (χ3n) is 4.33. The number of rotatable bonds is 5. The third-order valence-corrected chi connectivity index (χ3v) is 4.33. The molecule has 0 radical (unpaired) electrons. The molecule has 1 aliphatic heterocycles. The summed E-state index contributed by atoms with van der Waals surface area (Å²) >= 11 is 0. The van der Waals surface area contributed by atoms with Gasteiger partial charge in [0, 0.05) is 13.2 Å². The summed E-state index contributed by atoms with van der Waals surface area (Å²) in [5.41, 5.74) is 2.70. The lowest BCUT2D eigenvalue weighted by molar-refractivity contribution is 0.181. The summed E-state index contributed by atoms with van der Waals surface area (Å²) in [5.74, 6) is 0.685. The Balaban J connectivity index is 2.26. The van der Waals surface area contributed by atoms with Gasteiger partial charge in [0.15, 0.2) is 0 Å². The Labute approximate surface area is 123 Å². The Morgan fingerprint density at radius 3 is 2.95 bits per heavy atom. The van der Waals surface area contributed by atoms with E-state index < -0.39 is 0 Å². The van der Waals surface area contributed by atoms with Gasteiger partial charge in [0.05, 0.1) is 6.61 Å². The molecule has 0 saturated carbocycles. The lowest BCUT2D eigenvalue weighted by Gasteiger charge is -2.33. The Hall–Kier alpha value is -0.900. The SMILES string of the molecule is CNCC1CCCCN(C)C1c1cccc(COC)c1. The smallest absolute Gasteiger partial charge is 0.0713 e. The number of methoxy groups -OCH3 is 1. The summed E-state index contributed by atoms with van der Waals surface area (Å²) in [6.07, 6.45) is 3.96. The van der Waals surface area contributed by atoms with Crippen LogP contribution in [0.5, 0.6) is 0 Å². The van der Waals surface area contributed by atoms with Crippen LogP contribution in [-0.2, 0) is 11.3 Å². The largest absolute Gasteiger partial charge is 0.380 e. The van der Waals surface area contributed by atoms with Gasteiger partial charge in [0.25, 0.3) is 0 Å². The molecule has 1 aliphatic rings. The van der Waals surface area contributed by atoms with Crippen molar-refractivity contribution in [1.29, 1.82) is 0 Å². The maximum Gasteiger partial charge on any atom is 0.0713 e. The number of hydrogen-bond donors (Lipinski definition) is 1. The highest BCUT2D eigenvalue weighted by Gasteiger charge is 2.28. The van der Waals surface area contributed by atoms with Crippen molar-refractivity contribution >= 4 is 0 Å². The topological polar surface area (TPSA) is 24.5 Å². The summed E-state index contributed by atoms with van der Waals surface area (Å²) in [4.78, 5) is 2.53. The van der Waals surface area contributed by atoms with Crippen LogP contribution >= 0.6 is 0 Å². The van der Waals surface area contributed by atoms with Crippen LogP contribution in [0.1, 0.15) is 36.4 Å². The Morgan fingerprint density at radius 2 is 2.20 bits per heavy atom. The van der Waals surface area contributed by atoms with E-state index >= 15 is 0 Å². The van der Waals surface area contributed by atoms with Gasteiger partial charge in [-0.3, -0.25) is 4.90 Å². The predicted molar refractivity (Wildman–Crippen MR) is 83.8 cm³/mol. The fourth-order valence-corrected chi connectivity index (χ4v) is 3.46. The van der Waals surface area contributed by atoms with Crippen molar-refractivity contribution in [3.05, 3.63) is 35.4 Å². The average molecular weight is 276 g/mol. The molecule has 112 valence electrons. The molecule has 1 fully saturated rings. The monoisotopic (exact) mass is 276 g/mol. The average Bonchev–Trinajstić information content (AvgIpc) is 2.62. The van der Waals surface area contributed by atoms with Crippen molar-refractivity contribution in [3.63, 3.8) is 0 Å². The molecule has 0 aliphatic carbocycles. The number of nitrogens with zero attached hydrogens (tertiary/aromatic N) is 1. The molecule has 0 bridgehead atoms. The molecule has 0 spiro atoms. The van der Waals surface area contributed by atoms with Gasteiger partial charge >= 0.3 is 0 Å². The molecule has 1 N–H and O–H groups in total. The van der Waals surface area contributed by atoms with Gasteiger partial charge < -0.3 is 10.1 Å². The summed E-state index contributed by atoms with van der Waals surface area (Å²) in [5, 5.41) is 3.37. The van der Waals surface area contributed by atoms with Crippen LogP contribution in [0.15, 0.2) is 24.3 Å². The lowest BCUT2D eigenvalue weighted by Crippen LogP contribution is -2.34. The second-order valence-electron chi connectivity index (χ2n) is 5.92. The first-order valence-electron chi connectivity index (χ1n) is 7.69. The fraction of sp³-hybridized carbons (Fsp3) is 0.647. The number of nitrogens with one attached hydrogen (secondary N) is 1. The molecule has 1 heterocycles. The van der Waals surface area contributed by atoms with E-state index in [0.717, 1.165) is 6.54 Å². The molecule has 3 heteroatoms. The van der Waals surface area contributed by atoms with Crippen molar-refractivity contribution in [1.82, 2.24) is 10.2 Å². The van der Waals surface area contributed by atoms with E-state index in [-0.39, 0.29) is 0 Å². The zero-order valence-electron chi connectivity index (χ0n) is 13.1. The van der Waals surface area contributed by atoms with Crippen LogP contribution in [0, 0.1) is 5.92 Å². The van der Waals surface area contributed by atoms with Crippen molar-refractivity contribution in [3.8, 4) is 0 Å². The molecule has 1 aromatic rings. The predicted octanol–water partition coefficient (Wildman–Crippen LogP) is 2.83. The first-order chi connectivity index (χ1) is 9.76. The molecule has 1 aromatic carbocycles. The molecule has 2 atom stereocenters.